The van der Waals surface area contributed by atoms with E-state index >= 15 is 0 Å². The molecule has 1 fully saturated rings. The number of piperidine rings is 1. The molecule has 1 saturated heterocycles. The number of likely N-dealkylation sites (tertiary alicyclic amines) is 1. The Hall–Kier alpha value is -2.40. The predicted octanol–water partition coefficient (Wildman–Crippen LogP) is 4.08. The first-order valence-corrected chi connectivity index (χ1v) is 9.13. The Labute approximate surface area is 154 Å². The van der Waals surface area contributed by atoms with Crippen molar-refractivity contribution < 1.29 is 9.18 Å². The molecule has 2 aromatic rings. The number of nitrogens with one attached hydrogen (secondary N) is 1. The van der Waals surface area contributed by atoms with Gasteiger partial charge in [0.2, 0.25) is 0 Å². The lowest BCUT2D eigenvalue weighted by Gasteiger charge is -2.33. The Balaban J connectivity index is 1.58. The number of halogens is 1. The number of urea groups is 1. The summed E-state index contributed by atoms with van der Waals surface area (Å²) in [5.74, 6) is 0.433. The molecule has 1 aliphatic rings. The van der Waals surface area contributed by atoms with Crippen LogP contribution in [0.4, 0.5) is 14.9 Å². The number of nitrogens with two attached hydrogens (primary N) is 1. The summed E-state index contributed by atoms with van der Waals surface area (Å²) in [4.78, 5) is 13.6. The highest BCUT2D eigenvalue weighted by molar-refractivity contribution is 5.88. The summed E-state index contributed by atoms with van der Waals surface area (Å²) < 4.78 is 13.3. The van der Waals surface area contributed by atoms with Crippen LogP contribution in [-0.2, 0) is 13.0 Å². The van der Waals surface area contributed by atoms with Gasteiger partial charge in [-0.3, -0.25) is 4.90 Å². The van der Waals surface area contributed by atoms with Crippen molar-refractivity contribution >= 4 is 11.7 Å². The lowest BCUT2D eigenvalue weighted by molar-refractivity contribution is 0.177. The Morgan fingerprint density at radius 2 is 1.96 bits per heavy atom. The third-order valence-electron chi connectivity index (χ3n) is 5.17. The van der Waals surface area contributed by atoms with E-state index in [0.29, 0.717) is 5.92 Å². The number of aryl methyl sites for hydroxylation is 1. The Morgan fingerprint density at radius 1 is 1.23 bits per heavy atom. The maximum absolute atomic E-state index is 13.3. The van der Waals surface area contributed by atoms with Gasteiger partial charge in [-0.15, -0.1) is 0 Å². The Kier molecular flexibility index (Phi) is 5.89. The van der Waals surface area contributed by atoms with Crippen molar-refractivity contribution in [3.05, 3.63) is 65.0 Å². The van der Waals surface area contributed by atoms with Crippen molar-refractivity contribution in [2.75, 3.05) is 18.4 Å². The van der Waals surface area contributed by atoms with Crippen LogP contribution < -0.4 is 11.1 Å². The van der Waals surface area contributed by atoms with E-state index in [1.165, 1.54) is 6.07 Å². The van der Waals surface area contributed by atoms with Crippen molar-refractivity contribution in [3.63, 3.8) is 0 Å². The van der Waals surface area contributed by atoms with Crippen molar-refractivity contribution in [1.29, 1.82) is 0 Å². The number of rotatable bonds is 5. The zero-order valence-corrected chi connectivity index (χ0v) is 15.2. The zero-order chi connectivity index (χ0) is 18.5. The molecule has 3 rings (SSSR count). The van der Waals surface area contributed by atoms with Crippen molar-refractivity contribution in [2.45, 2.75) is 32.7 Å². The van der Waals surface area contributed by atoms with Gasteiger partial charge in [0.25, 0.3) is 0 Å². The van der Waals surface area contributed by atoms with Gasteiger partial charge < -0.3 is 11.1 Å². The van der Waals surface area contributed by atoms with Crippen LogP contribution in [0, 0.1) is 18.7 Å². The van der Waals surface area contributed by atoms with Crippen molar-refractivity contribution in [1.82, 2.24) is 4.90 Å². The van der Waals surface area contributed by atoms with Crippen LogP contribution in [0.25, 0.3) is 0 Å². The summed E-state index contributed by atoms with van der Waals surface area (Å²) in [6.45, 7) is 4.86. The summed E-state index contributed by atoms with van der Waals surface area (Å²) in [7, 11) is 0. The van der Waals surface area contributed by atoms with Crippen LogP contribution in [0.2, 0.25) is 0 Å². The number of amides is 2. The average molecular weight is 355 g/mol. The second-order valence-corrected chi connectivity index (χ2v) is 7.14. The zero-order valence-electron chi connectivity index (χ0n) is 15.2. The number of nitrogens with zero attached hydrogens (tertiary/aromatic N) is 1. The normalized spacial score (nSPS) is 15.8. The summed E-state index contributed by atoms with van der Waals surface area (Å²) >= 11 is 0. The summed E-state index contributed by atoms with van der Waals surface area (Å²) in [6, 6.07) is 12.3. The van der Waals surface area contributed by atoms with Gasteiger partial charge >= 0.3 is 6.03 Å². The Morgan fingerprint density at radius 3 is 2.65 bits per heavy atom. The highest BCUT2D eigenvalue weighted by Gasteiger charge is 2.21. The van der Waals surface area contributed by atoms with Gasteiger partial charge in [0.05, 0.1) is 0 Å². The monoisotopic (exact) mass is 355 g/mol. The fourth-order valence-corrected chi connectivity index (χ4v) is 3.73. The fraction of sp³-hybridized carbons (Fsp3) is 0.381. The van der Waals surface area contributed by atoms with E-state index in [1.807, 2.05) is 18.2 Å². The maximum Gasteiger partial charge on any atom is 0.316 e. The number of primary amides is 1. The molecular weight excluding hydrogens is 329 g/mol. The van der Waals surface area contributed by atoms with E-state index in [4.69, 9.17) is 5.73 Å². The molecule has 0 unspecified atom stereocenters. The number of hydrogen-bond donors (Lipinski definition) is 2. The minimum atomic E-state index is -0.536. The molecule has 0 spiro atoms. The van der Waals surface area contributed by atoms with Crippen LogP contribution in [0.3, 0.4) is 0 Å². The molecule has 5 heteroatoms. The first kappa shape index (κ1) is 18.4. The smallest absolute Gasteiger partial charge is 0.316 e. The van der Waals surface area contributed by atoms with Gasteiger partial charge in [0, 0.05) is 12.2 Å². The lowest BCUT2D eigenvalue weighted by Crippen LogP contribution is -2.34. The van der Waals surface area contributed by atoms with Crippen LogP contribution in [-0.4, -0.2) is 24.0 Å². The summed E-state index contributed by atoms with van der Waals surface area (Å²) in [6.07, 6.45) is 3.13. The van der Waals surface area contributed by atoms with Gasteiger partial charge in [-0.1, -0.05) is 24.3 Å². The van der Waals surface area contributed by atoms with E-state index in [1.54, 1.807) is 12.1 Å². The molecule has 26 heavy (non-hydrogen) atoms. The molecule has 2 aromatic carbocycles. The number of hydrogen-bond acceptors (Lipinski definition) is 2. The molecule has 138 valence electrons. The SMILES string of the molecule is Cc1cccc(NC(N)=O)c1CN1CCC(Cc2cccc(F)c2)CC1. The first-order chi connectivity index (χ1) is 12.5. The molecule has 2 amide bonds. The van der Waals surface area contributed by atoms with E-state index in [-0.39, 0.29) is 5.82 Å². The van der Waals surface area contributed by atoms with Gasteiger partial charge in [0.15, 0.2) is 0 Å². The molecule has 0 aromatic heterocycles. The minimum absolute atomic E-state index is 0.158. The molecule has 3 N–H and O–H groups in total. The third-order valence-corrected chi connectivity index (χ3v) is 5.17. The van der Waals surface area contributed by atoms with Crippen molar-refractivity contribution in [2.24, 2.45) is 11.7 Å². The molecule has 0 radical (unpaired) electrons. The topological polar surface area (TPSA) is 58.4 Å². The van der Waals surface area contributed by atoms with Crippen LogP contribution in [0.5, 0.6) is 0 Å². The first-order valence-electron chi connectivity index (χ1n) is 9.13. The molecule has 0 bridgehead atoms. The van der Waals surface area contributed by atoms with E-state index in [2.05, 4.69) is 23.2 Å². The largest absolute Gasteiger partial charge is 0.351 e. The summed E-state index contributed by atoms with van der Waals surface area (Å²) in [5, 5.41) is 2.73. The second-order valence-electron chi connectivity index (χ2n) is 7.14. The van der Waals surface area contributed by atoms with Crippen LogP contribution >= 0.6 is 0 Å². The number of anilines is 1. The molecule has 1 aliphatic heterocycles. The van der Waals surface area contributed by atoms with Gasteiger partial charge in [0.1, 0.15) is 5.82 Å². The van der Waals surface area contributed by atoms with Gasteiger partial charge in [-0.25, -0.2) is 9.18 Å². The van der Waals surface area contributed by atoms with Crippen LogP contribution in [0.15, 0.2) is 42.5 Å². The maximum atomic E-state index is 13.3. The van der Waals surface area contributed by atoms with E-state index < -0.39 is 6.03 Å². The quantitative estimate of drug-likeness (QED) is 0.849. The molecule has 0 saturated carbocycles. The molecule has 1 heterocycles. The lowest BCUT2D eigenvalue weighted by atomic mass is 9.90. The molecule has 0 aliphatic carbocycles. The Bertz CT molecular complexity index is 770. The fourth-order valence-electron chi connectivity index (χ4n) is 3.73. The molecule has 0 atom stereocenters. The number of benzene rings is 2. The third kappa shape index (κ3) is 4.82. The van der Waals surface area contributed by atoms with Gasteiger partial charge in [-0.2, -0.15) is 0 Å². The van der Waals surface area contributed by atoms with Crippen molar-refractivity contribution in [3.8, 4) is 0 Å². The number of carbonyl (C=O) groups excluding carboxylic acids is 1. The highest BCUT2D eigenvalue weighted by Crippen LogP contribution is 2.26. The van der Waals surface area contributed by atoms with Crippen LogP contribution in [0.1, 0.15) is 29.5 Å². The second kappa shape index (κ2) is 8.32. The van der Waals surface area contributed by atoms with E-state index in [0.717, 1.165) is 61.3 Å². The van der Waals surface area contributed by atoms with E-state index in [9.17, 15) is 9.18 Å². The average Bonchev–Trinajstić information content (AvgIpc) is 2.59. The number of carbonyl (C=O) groups is 1. The highest BCUT2D eigenvalue weighted by atomic mass is 19.1. The van der Waals surface area contributed by atoms with Gasteiger partial charge in [-0.05, 0) is 80.1 Å². The predicted molar refractivity (Wildman–Crippen MR) is 102 cm³/mol. The molecular formula is C21H26FN3O. The minimum Gasteiger partial charge on any atom is -0.351 e. The molecule has 4 nitrogen and oxygen atoms in total. The standard InChI is InChI=1S/C21H26FN3O/c1-15-4-2-7-20(24-21(23)26)19(15)14-25-10-8-16(9-11-25)12-17-5-3-6-18(22)13-17/h2-7,13,16H,8-12,14H2,1H3,(H3,23,24,26). The summed E-state index contributed by atoms with van der Waals surface area (Å²) in [5.41, 5.74) is 9.43.